The molecule has 1 nitrogen and oxygen atoms in total. The van der Waals surface area contributed by atoms with Crippen LogP contribution in [0.5, 0.6) is 0 Å². The van der Waals surface area contributed by atoms with Gasteiger partial charge >= 0.3 is 0 Å². The Labute approximate surface area is 64.4 Å². The molecule has 0 aromatic rings. The van der Waals surface area contributed by atoms with Crippen molar-refractivity contribution in [2.45, 2.75) is 32.1 Å². The molecule has 0 saturated carbocycles. The largest absolute Gasteiger partial charge is 0.303 e. The van der Waals surface area contributed by atoms with Crippen molar-refractivity contribution in [3.8, 4) is 0 Å². The molecule has 0 amide bonds. The molecule has 0 atom stereocenters. The molecule has 10 heavy (non-hydrogen) atoms. The maximum absolute atomic E-state index is 3.82. The van der Waals surface area contributed by atoms with Crippen molar-refractivity contribution in [2.75, 3.05) is 19.6 Å². The molecule has 0 aromatic heterocycles. The molecule has 1 aliphatic heterocycles. The van der Waals surface area contributed by atoms with Crippen LogP contribution < -0.4 is 0 Å². The van der Waals surface area contributed by atoms with Gasteiger partial charge in [0.25, 0.3) is 0 Å². The fourth-order valence-electron chi connectivity index (χ4n) is 1.29. The highest BCUT2D eigenvalue weighted by Crippen LogP contribution is 2.08. The van der Waals surface area contributed by atoms with Gasteiger partial charge < -0.3 is 4.90 Å². The lowest BCUT2D eigenvalue weighted by Crippen LogP contribution is -2.37. The van der Waals surface area contributed by atoms with Crippen molar-refractivity contribution in [2.24, 2.45) is 0 Å². The summed E-state index contributed by atoms with van der Waals surface area (Å²) in [5.74, 6) is 0. The van der Waals surface area contributed by atoms with E-state index in [1.807, 2.05) is 0 Å². The van der Waals surface area contributed by atoms with Crippen LogP contribution in [0.2, 0.25) is 0 Å². The Morgan fingerprint density at radius 1 is 1.10 bits per heavy atom. The average Bonchev–Trinajstić information content (AvgIpc) is 1.84. The highest BCUT2D eigenvalue weighted by Gasteiger charge is 2.11. The summed E-state index contributed by atoms with van der Waals surface area (Å²) in [7, 11) is 0. The van der Waals surface area contributed by atoms with Crippen LogP contribution in [0.4, 0.5) is 0 Å². The topological polar surface area (TPSA) is 3.24 Å². The summed E-state index contributed by atoms with van der Waals surface area (Å²) in [5.41, 5.74) is 0. The predicted molar refractivity (Wildman–Crippen MR) is 44.9 cm³/mol. The first-order valence-corrected chi connectivity index (χ1v) is 4.45. The molecule has 1 rings (SSSR count). The van der Waals surface area contributed by atoms with Gasteiger partial charge in [0.2, 0.25) is 0 Å². The Balaban J connectivity index is 1.76. The standard InChI is InChI=1S/C9H18N/c1-2-3-4-5-7-10-8-6-9-10/h1-9H2. The van der Waals surface area contributed by atoms with Gasteiger partial charge in [-0.05, 0) is 32.5 Å². The molecule has 1 heterocycles. The monoisotopic (exact) mass is 140 g/mol. The first kappa shape index (κ1) is 8.06. The zero-order valence-electron chi connectivity index (χ0n) is 6.81. The van der Waals surface area contributed by atoms with E-state index in [0.29, 0.717) is 0 Å². The molecule has 0 aromatic carbocycles. The van der Waals surface area contributed by atoms with E-state index in [9.17, 15) is 0 Å². The van der Waals surface area contributed by atoms with Gasteiger partial charge in [-0.3, -0.25) is 0 Å². The second-order valence-electron chi connectivity index (χ2n) is 3.11. The maximum atomic E-state index is 3.82. The molecule has 0 spiro atoms. The van der Waals surface area contributed by atoms with Crippen LogP contribution in [0.25, 0.3) is 0 Å². The van der Waals surface area contributed by atoms with Crippen LogP contribution in [0.3, 0.4) is 0 Å². The minimum Gasteiger partial charge on any atom is -0.303 e. The minimum absolute atomic E-state index is 1.11. The molecule has 1 aliphatic rings. The van der Waals surface area contributed by atoms with Crippen molar-refractivity contribution in [1.82, 2.24) is 4.90 Å². The number of nitrogens with zero attached hydrogens (tertiary/aromatic N) is 1. The summed E-state index contributed by atoms with van der Waals surface area (Å²) in [6.45, 7) is 7.86. The maximum Gasteiger partial charge on any atom is -0.000654 e. The van der Waals surface area contributed by atoms with Crippen LogP contribution in [-0.4, -0.2) is 24.5 Å². The third-order valence-corrected chi connectivity index (χ3v) is 2.17. The summed E-state index contributed by atoms with van der Waals surface area (Å²) >= 11 is 0. The lowest BCUT2D eigenvalue weighted by Gasteiger charge is -2.30. The molecule has 1 saturated heterocycles. The van der Waals surface area contributed by atoms with E-state index in [-0.39, 0.29) is 0 Å². The van der Waals surface area contributed by atoms with E-state index in [2.05, 4.69) is 11.8 Å². The summed E-state index contributed by atoms with van der Waals surface area (Å²) in [5, 5.41) is 0. The zero-order chi connectivity index (χ0) is 7.23. The van der Waals surface area contributed by atoms with Gasteiger partial charge in [0.05, 0.1) is 0 Å². The van der Waals surface area contributed by atoms with Crippen molar-refractivity contribution < 1.29 is 0 Å². The SMILES string of the molecule is [CH2]CCCCCN1CCC1. The molecule has 0 aliphatic carbocycles. The number of likely N-dealkylation sites (tertiary alicyclic amines) is 1. The highest BCUT2D eigenvalue weighted by molar-refractivity contribution is 4.67. The van der Waals surface area contributed by atoms with Crippen LogP contribution in [0.1, 0.15) is 32.1 Å². The smallest absolute Gasteiger partial charge is 0.000654 e. The molecule has 1 fully saturated rings. The van der Waals surface area contributed by atoms with Gasteiger partial charge in [0.15, 0.2) is 0 Å². The van der Waals surface area contributed by atoms with Crippen LogP contribution in [0.15, 0.2) is 0 Å². The summed E-state index contributed by atoms with van der Waals surface area (Å²) in [6, 6.07) is 0. The van der Waals surface area contributed by atoms with Gasteiger partial charge in [-0.1, -0.05) is 26.2 Å². The summed E-state index contributed by atoms with van der Waals surface area (Å²) in [6.07, 6.45) is 6.61. The normalized spacial score (nSPS) is 18.9. The minimum atomic E-state index is 1.11. The number of unbranched alkanes of at least 4 members (excludes halogenated alkanes) is 3. The Hall–Kier alpha value is -0.0400. The molecule has 1 heteroatoms. The Bertz CT molecular complexity index is 76.8. The molecule has 0 unspecified atom stereocenters. The fraction of sp³-hybridized carbons (Fsp3) is 0.889. The number of hydrogen-bond donors (Lipinski definition) is 0. The lowest BCUT2D eigenvalue weighted by molar-refractivity contribution is 0.178. The second-order valence-corrected chi connectivity index (χ2v) is 3.11. The Morgan fingerprint density at radius 2 is 1.90 bits per heavy atom. The van der Waals surface area contributed by atoms with Gasteiger partial charge in [0.1, 0.15) is 0 Å². The average molecular weight is 140 g/mol. The van der Waals surface area contributed by atoms with Crippen molar-refractivity contribution in [1.29, 1.82) is 0 Å². The van der Waals surface area contributed by atoms with E-state index in [0.717, 1.165) is 6.42 Å². The molecule has 0 bridgehead atoms. The van der Waals surface area contributed by atoms with Crippen LogP contribution >= 0.6 is 0 Å². The Kier molecular flexibility index (Phi) is 3.81. The van der Waals surface area contributed by atoms with Gasteiger partial charge in [-0.15, -0.1) is 0 Å². The lowest BCUT2D eigenvalue weighted by atomic mass is 10.1. The van der Waals surface area contributed by atoms with E-state index >= 15 is 0 Å². The van der Waals surface area contributed by atoms with E-state index in [4.69, 9.17) is 0 Å². The predicted octanol–water partition coefficient (Wildman–Crippen LogP) is 2.09. The van der Waals surface area contributed by atoms with Gasteiger partial charge in [0, 0.05) is 0 Å². The van der Waals surface area contributed by atoms with E-state index in [1.165, 1.54) is 45.3 Å². The van der Waals surface area contributed by atoms with Crippen molar-refractivity contribution >= 4 is 0 Å². The highest BCUT2D eigenvalue weighted by atomic mass is 15.2. The quantitative estimate of drug-likeness (QED) is 0.528. The number of hydrogen-bond acceptors (Lipinski definition) is 1. The molecule has 59 valence electrons. The second kappa shape index (κ2) is 4.73. The third kappa shape index (κ3) is 2.70. The third-order valence-electron chi connectivity index (χ3n) is 2.17. The molecular formula is C9H18N. The van der Waals surface area contributed by atoms with E-state index < -0.39 is 0 Å². The summed E-state index contributed by atoms with van der Waals surface area (Å²) in [4.78, 5) is 2.53. The molecular weight excluding hydrogens is 122 g/mol. The van der Waals surface area contributed by atoms with Gasteiger partial charge in [-0.2, -0.15) is 0 Å². The van der Waals surface area contributed by atoms with Crippen LogP contribution in [-0.2, 0) is 0 Å². The van der Waals surface area contributed by atoms with Crippen LogP contribution in [0, 0.1) is 6.92 Å². The zero-order valence-corrected chi connectivity index (χ0v) is 6.81. The molecule has 1 radical (unpaired) electrons. The number of rotatable bonds is 5. The van der Waals surface area contributed by atoms with Crippen molar-refractivity contribution in [3.63, 3.8) is 0 Å². The summed E-state index contributed by atoms with van der Waals surface area (Å²) < 4.78 is 0. The van der Waals surface area contributed by atoms with Gasteiger partial charge in [-0.25, -0.2) is 0 Å². The van der Waals surface area contributed by atoms with E-state index in [1.54, 1.807) is 0 Å². The molecule has 0 N–H and O–H groups in total. The first-order chi connectivity index (χ1) is 4.93. The fourth-order valence-corrected chi connectivity index (χ4v) is 1.29. The Morgan fingerprint density at radius 3 is 2.40 bits per heavy atom. The first-order valence-electron chi connectivity index (χ1n) is 4.45. The van der Waals surface area contributed by atoms with Crippen molar-refractivity contribution in [3.05, 3.63) is 6.92 Å².